The molecule has 3 rings (SSSR count). The van der Waals surface area contributed by atoms with Gasteiger partial charge in [-0.05, 0) is 37.0 Å². The quantitative estimate of drug-likeness (QED) is 0.337. The first kappa shape index (κ1) is 25.1. The summed E-state index contributed by atoms with van der Waals surface area (Å²) >= 11 is 0. The van der Waals surface area contributed by atoms with Crippen LogP contribution in [0.2, 0.25) is 0 Å². The average Bonchev–Trinajstić information content (AvgIpc) is 2.87. The van der Waals surface area contributed by atoms with E-state index in [4.69, 9.17) is 4.52 Å². The highest BCUT2D eigenvalue weighted by Crippen LogP contribution is 2.52. The molecule has 0 aromatic heterocycles. The van der Waals surface area contributed by atoms with Gasteiger partial charge in [0.05, 0.1) is 29.6 Å². The van der Waals surface area contributed by atoms with E-state index < -0.39 is 35.2 Å². The highest BCUT2D eigenvalue weighted by Gasteiger charge is 2.48. The monoisotopic (exact) mass is 496 g/mol. The Morgan fingerprint density at radius 3 is 2.55 bits per heavy atom. The highest BCUT2D eigenvalue weighted by atomic mass is 32.2. The number of carbonyl (C=O) groups excluding carboxylic acids is 2. The molecule has 0 spiro atoms. The number of anilines is 2. The predicted molar refractivity (Wildman–Crippen MR) is 128 cm³/mol. The molecular weight excluding hydrogens is 467 g/mol. The number of hydrogen-bond donors (Lipinski definition) is 2. The van der Waals surface area contributed by atoms with Crippen LogP contribution in [0.15, 0.2) is 35.2 Å². The molecule has 2 atom stereocenters. The van der Waals surface area contributed by atoms with Crippen LogP contribution >= 0.6 is 7.52 Å². The lowest BCUT2D eigenvalue weighted by atomic mass is 9.92. The zero-order valence-electron chi connectivity index (χ0n) is 19.3. The van der Waals surface area contributed by atoms with Crippen molar-refractivity contribution < 1.29 is 27.1 Å². The molecule has 180 valence electrons. The third-order valence-corrected chi connectivity index (χ3v) is 7.83. The Labute approximate surface area is 194 Å². The second kappa shape index (κ2) is 8.70. The summed E-state index contributed by atoms with van der Waals surface area (Å²) in [5.74, 6) is -2.37. The smallest absolute Gasteiger partial charge is 0.342 e. The summed E-state index contributed by atoms with van der Waals surface area (Å²) in [4.78, 5) is 27.5. The van der Waals surface area contributed by atoms with Crippen LogP contribution in [0, 0.1) is 11.3 Å². The zero-order valence-corrected chi connectivity index (χ0v) is 21.0. The maximum Gasteiger partial charge on any atom is 0.348 e. The summed E-state index contributed by atoms with van der Waals surface area (Å²) in [7, 11) is -7.46. The molecule has 1 amide bonds. The summed E-state index contributed by atoms with van der Waals surface area (Å²) in [6.45, 7) is 11.9. The van der Waals surface area contributed by atoms with Gasteiger partial charge in [0.15, 0.2) is 11.7 Å². The fourth-order valence-electron chi connectivity index (χ4n) is 3.54. The van der Waals surface area contributed by atoms with Crippen molar-refractivity contribution in [1.29, 1.82) is 0 Å². The minimum atomic E-state index is -3.90. The Hall–Kier alpha value is -2.49. The summed E-state index contributed by atoms with van der Waals surface area (Å²) in [5, 5.41) is 3.07. The fourth-order valence-corrected chi connectivity index (χ4v) is 5.94. The van der Waals surface area contributed by atoms with Crippen LogP contribution in [0.25, 0.3) is 0 Å². The lowest BCUT2D eigenvalue weighted by Crippen LogP contribution is -2.38. The normalized spacial score (nSPS) is 23.3. The summed E-state index contributed by atoms with van der Waals surface area (Å²) in [5.41, 5.74) is 0.522. The maximum atomic E-state index is 13.7. The number of rotatable bonds is 7. The van der Waals surface area contributed by atoms with Gasteiger partial charge < -0.3 is 14.7 Å². The number of nitrogens with zero attached hydrogens (tertiary/aromatic N) is 2. The number of Topliss-reactive ketones (excluding diaryl/α,β-unsaturated/α-hetero) is 1. The van der Waals surface area contributed by atoms with Gasteiger partial charge in [0, 0.05) is 12.2 Å². The third kappa shape index (κ3) is 5.37. The van der Waals surface area contributed by atoms with E-state index in [1.165, 1.54) is 23.1 Å². The molecule has 1 saturated heterocycles. The second-order valence-corrected chi connectivity index (χ2v) is 12.9. The number of amidine groups is 1. The number of sulfonamides is 1. The van der Waals surface area contributed by atoms with Gasteiger partial charge in [-0.25, -0.2) is 8.42 Å². The first-order valence-electron chi connectivity index (χ1n) is 10.4. The molecule has 1 aromatic rings. The van der Waals surface area contributed by atoms with Crippen LogP contribution in [-0.4, -0.2) is 50.3 Å². The van der Waals surface area contributed by atoms with Crippen LogP contribution in [0.1, 0.15) is 34.1 Å². The van der Waals surface area contributed by atoms with Gasteiger partial charge >= 0.3 is 7.52 Å². The predicted octanol–water partition coefficient (Wildman–Crippen LogP) is 2.71. The summed E-state index contributed by atoms with van der Waals surface area (Å²) in [6, 6.07) is 4.34. The van der Waals surface area contributed by atoms with E-state index in [-0.39, 0.29) is 34.5 Å². The first-order chi connectivity index (χ1) is 15.1. The summed E-state index contributed by atoms with van der Waals surface area (Å²) < 4.78 is 48.9. The van der Waals surface area contributed by atoms with Gasteiger partial charge in [-0.3, -0.25) is 18.9 Å². The molecule has 33 heavy (non-hydrogen) atoms. The Bertz CT molecular complexity index is 1200. The van der Waals surface area contributed by atoms with Gasteiger partial charge in [0.25, 0.3) is 0 Å². The van der Waals surface area contributed by atoms with Crippen LogP contribution in [-0.2, 0) is 28.7 Å². The highest BCUT2D eigenvalue weighted by molar-refractivity contribution is 7.92. The Kier molecular flexibility index (Phi) is 6.63. The molecule has 10 nitrogen and oxygen atoms in total. The van der Waals surface area contributed by atoms with E-state index in [0.29, 0.717) is 18.7 Å². The molecule has 1 fully saturated rings. The molecule has 0 radical (unpaired) electrons. The second-order valence-electron chi connectivity index (χ2n) is 9.20. The van der Waals surface area contributed by atoms with Crippen molar-refractivity contribution in [3.63, 3.8) is 0 Å². The van der Waals surface area contributed by atoms with E-state index in [9.17, 15) is 22.6 Å². The van der Waals surface area contributed by atoms with Gasteiger partial charge in [-0.15, -0.1) is 0 Å². The average molecular weight is 497 g/mol. The minimum absolute atomic E-state index is 0.0498. The molecule has 1 aromatic carbocycles. The van der Waals surface area contributed by atoms with E-state index in [2.05, 4.69) is 21.4 Å². The molecule has 0 bridgehead atoms. The zero-order chi connectivity index (χ0) is 24.8. The van der Waals surface area contributed by atoms with Crippen molar-refractivity contribution in [1.82, 2.24) is 4.90 Å². The largest absolute Gasteiger partial charge is 0.348 e. The maximum absolute atomic E-state index is 13.7. The number of nitrogens with one attached hydrogen (secondary N) is 2. The lowest BCUT2D eigenvalue weighted by molar-refractivity contribution is -0.129. The van der Waals surface area contributed by atoms with Crippen LogP contribution in [0.4, 0.5) is 11.4 Å². The molecule has 2 aliphatic rings. The molecule has 2 aliphatic heterocycles. The third-order valence-electron chi connectivity index (χ3n) is 5.16. The number of likely N-dealkylation sites (tertiary alicyclic amines) is 1. The van der Waals surface area contributed by atoms with E-state index in [1.807, 2.05) is 20.8 Å². The number of benzene rings is 1. The fraction of sp³-hybridized carbons (Fsp3) is 0.476. The van der Waals surface area contributed by atoms with Crippen molar-refractivity contribution in [2.75, 3.05) is 29.4 Å². The number of amides is 1. The van der Waals surface area contributed by atoms with Crippen molar-refractivity contribution in [2.45, 2.75) is 34.1 Å². The lowest BCUT2D eigenvalue weighted by Gasteiger charge is -2.27. The van der Waals surface area contributed by atoms with Gasteiger partial charge in [-0.1, -0.05) is 27.4 Å². The van der Waals surface area contributed by atoms with Crippen LogP contribution < -0.4 is 15.3 Å². The minimum Gasteiger partial charge on any atom is -0.342 e. The molecule has 0 saturated carbocycles. The van der Waals surface area contributed by atoms with Crippen molar-refractivity contribution in [2.24, 2.45) is 16.1 Å². The molecule has 2 heterocycles. The molecule has 12 heteroatoms. The number of fused-ring (bicyclic) bond motifs is 1. The standard InChI is InChI=1S/C21H29N4O6PS/c1-7-31-32(28)16-12-14(24-33(6,29)30)8-9-15(16)22-19(23-32)17-18(26)13(2)25(20(17)27)11-10-21(3,4)5/h8-9,12,17,24H,2,7,10-11H2,1,3-6H3,(H,22,23,28). The van der Waals surface area contributed by atoms with Crippen molar-refractivity contribution in [3.05, 3.63) is 30.5 Å². The molecular formula is C21H29N4O6PS. The van der Waals surface area contributed by atoms with Crippen molar-refractivity contribution >= 4 is 51.7 Å². The van der Waals surface area contributed by atoms with Gasteiger partial charge in [-0.2, -0.15) is 4.76 Å². The Morgan fingerprint density at radius 2 is 1.97 bits per heavy atom. The number of ketones is 1. The Balaban J connectivity index is 1.99. The van der Waals surface area contributed by atoms with E-state index >= 15 is 0 Å². The molecule has 2 unspecified atom stereocenters. The number of carbonyl (C=O) groups is 2. The van der Waals surface area contributed by atoms with Gasteiger partial charge in [0.1, 0.15) is 5.84 Å². The van der Waals surface area contributed by atoms with Crippen LogP contribution in [0.5, 0.6) is 0 Å². The van der Waals surface area contributed by atoms with Crippen LogP contribution in [0.3, 0.4) is 0 Å². The molecule has 0 aliphatic carbocycles. The Morgan fingerprint density at radius 1 is 1.30 bits per heavy atom. The topological polar surface area (TPSA) is 134 Å². The van der Waals surface area contributed by atoms with E-state index in [1.54, 1.807) is 6.92 Å². The number of allylic oxidation sites excluding steroid dienone is 1. The number of hydrogen-bond acceptors (Lipinski definition) is 7. The van der Waals surface area contributed by atoms with Crippen molar-refractivity contribution in [3.8, 4) is 0 Å². The molecule has 2 N–H and O–H groups in total. The summed E-state index contributed by atoms with van der Waals surface area (Å²) in [6.07, 6.45) is 1.66. The van der Waals surface area contributed by atoms with E-state index in [0.717, 1.165) is 6.26 Å². The van der Waals surface area contributed by atoms with Gasteiger partial charge in [0.2, 0.25) is 15.9 Å². The first-order valence-corrected chi connectivity index (χ1v) is 13.9. The SMILES string of the molecule is C=C1C(=O)C(C2=NP(=O)(OCC)c3cc(NS(C)(=O)=O)ccc3N2)C(=O)N1CCC(C)(C)C.